The molecule has 44 heavy (non-hydrogen) atoms. The molecule has 3 N–H and O–H groups in total. The van der Waals surface area contributed by atoms with Crippen LogP contribution in [-0.2, 0) is 33.4 Å². The minimum atomic E-state index is -1.58. The number of cyclic esters (lactones) is 1. The van der Waals surface area contributed by atoms with Crippen LogP contribution in [0, 0.1) is 28.6 Å². The fourth-order valence-corrected chi connectivity index (χ4v) is 10.2. The van der Waals surface area contributed by atoms with E-state index in [1.165, 1.54) is 11.8 Å². The van der Waals surface area contributed by atoms with Gasteiger partial charge in [0.1, 0.15) is 35.3 Å². The summed E-state index contributed by atoms with van der Waals surface area (Å²) in [4.78, 5) is 52.2. The van der Waals surface area contributed by atoms with Crippen molar-refractivity contribution < 1.29 is 48.7 Å². The first-order valence-electron chi connectivity index (χ1n) is 15.7. The van der Waals surface area contributed by atoms with Gasteiger partial charge >= 0.3 is 17.9 Å². The quantitative estimate of drug-likeness (QED) is 0.228. The van der Waals surface area contributed by atoms with Gasteiger partial charge in [-0.2, -0.15) is 0 Å². The Morgan fingerprint density at radius 1 is 1.18 bits per heavy atom. The third-order valence-electron chi connectivity index (χ3n) is 12.9. The molecule has 6 aliphatic rings. The number of rotatable bonds is 6. The van der Waals surface area contributed by atoms with Gasteiger partial charge in [0.15, 0.2) is 0 Å². The van der Waals surface area contributed by atoms with Crippen LogP contribution in [0.25, 0.3) is 0 Å². The molecule has 1 unspecified atom stereocenters. The van der Waals surface area contributed by atoms with Gasteiger partial charge in [-0.25, -0.2) is 4.79 Å². The second-order valence-corrected chi connectivity index (χ2v) is 14.7. The average molecular weight is 616 g/mol. The number of ether oxygens (including phenoxy) is 3. The summed E-state index contributed by atoms with van der Waals surface area (Å²) in [5, 5.41) is 34.1. The summed E-state index contributed by atoms with van der Waals surface area (Å²) in [5.41, 5.74) is -2.30. The van der Waals surface area contributed by atoms with E-state index in [9.17, 15) is 34.5 Å². The van der Waals surface area contributed by atoms with Crippen LogP contribution in [0.2, 0.25) is 0 Å². The maximum absolute atomic E-state index is 14.2. The Hall–Kier alpha value is -2.60. The maximum Gasteiger partial charge on any atom is 0.333 e. The van der Waals surface area contributed by atoms with E-state index in [-0.39, 0.29) is 36.6 Å². The molecule has 3 saturated carbocycles. The van der Waals surface area contributed by atoms with Gasteiger partial charge in [-0.3, -0.25) is 19.3 Å². The summed E-state index contributed by atoms with van der Waals surface area (Å²) in [7, 11) is 1.59. The first kappa shape index (κ1) is 31.4. The lowest BCUT2D eigenvalue weighted by atomic mass is 9.41. The molecule has 2 aliphatic heterocycles. The van der Waals surface area contributed by atoms with Crippen molar-refractivity contribution >= 4 is 23.7 Å². The highest BCUT2D eigenvalue weighted by Gasteiger charge is 2.84. The molecular weight excluding hydrogens is 570 g/mol. The number of aliphatic hydroxyl groups excluding tert-OH is 1. The van der Waals surface area contributed by atoms with Crippen LogP contribution in [0.5, 0.6) is 0 Å². The van der Waals surface area contributed by atoms with Gasteiger partial charge in [0, 0.05) is 42.7 Å². The van der Waals surface area contributed by atoms with Crippen molar-refractivity contribution in [2.45, 2.75) is 115 Å². The zero-order chi connectivity index (χ0) is 32.3. The van der Waals surface area contributed by atoms with Crippen molar-refractivity contribution in [3.63, 3.8) is 0 Å². The van der Waals surface area contributed by atoms with Crippen LogP contribution in [0.1, 0.15) is 73.6 Å². The molecule has 4 fully saturated rings. The number of likely N-dealkylation sites (N-methyl/N-ethyl adjacent to an activating group) is 1. The zero-order valence-corrected chi connectivity index (χ0v) is 26.6. The van der Waals surface area contributed by atoms with Crippen molar-refractivity contribution in [3.05, 3.63) is 22.8 Å². The first-order valence-corrected chi connectivity index (χ1v) is 15.7. The molecule has 11 heteroatoms. The Labute approximate surface area is 257 Å². The third kappa shape index (κ3) is 3.88. The average Bonchev–Trinajstić information content (AvgIpc) is 3.63. The van der Waals surface area contributed by atoms with E-state index in [0.29, 0.717) is 31.3 Å². The second kappa shape index (κ2) is 9.95. The largest absolute Gasteiger partial charge is 0.480 e. The van der Waals surface area contributed by atoms with Crippen molar-refractivity contribution in [2.75, 3.05) is 13.6 Å². The Balaban J connectivity index is 1.37. The number of fused-ring (bicyclic) bond motifs is 4. The van der Waals surface area contributed by atoms with Crippen LogP contribution < -0.4 is 0 Å². The number of hydrogen-bond acceptors (Lipinski definition) is 10. The third-order valence-corrected chi connectivity index (χ3v) is 12.9. The molecule has 4 aliphatic carbocycles. The predicted molar refractivity (Wildman–Crippen MR) is 155 cm³/mol. The molecule has 0 aromatic heterocycles. The number of Topliss-reactive ketones (excluding diaryl/α,β-unsaturated/α-hetero) is 1. The maximum atomic E-state index is 14.2. The predicted octanol–water partition coefficient (Wildman–Crippen LogP) is 2.18. The minimum absolute atomic E-state index is 0.0363. The van der Waals surface area contributed by atoms with Gasteiger partial charge in [0.05, 0.1) is 18.1 Å². The minimum Gasteiger partial charge on any atom is -0.480 e. The summed E-state index contributed by atoms with van der Waals surface area (Å²) in [6, 6.07) is -0.709. The van der Waals surface area contributed by atoms with E-state index in [1.54, 1.807) is 14.0 Å². The van der Waals surface area contributed by atoms with E-state index >= 15 is 0 Å². The molecule has 1 saturated heterocycles. The summed E-state index contributed by atoms with van der Waals surface area (Å²) in [5.74, 6) is -3.21. The van der Waals surface area contributed by atoms with Crippen molar-refractivity contribution in [1.29, 1.82) is 0 Å². The molecule has 0 aromatic carbocycles. The van der Waals surface area contributed by atoms with E-state index in [4.69, 9.17) is 14.2 Å². The number of carbonyl (C=O) groups is 4. The number of esters is 2. The summed E-state index contributed by atoms with van der Waals surface area (Å²) in [6.45, 7) is 10.5. The Bertz CT molecular complexity index is 1390. The number of epoxide rings is 1. The first-order chi connectivity index (χ1) is 20.4. The number of aliphatic hydroxyl groups is 2. The highest BCUT2D eigenvalue weighted by molar-refractivity contribution is 5.90. The van der Waals surface area contributed by atoms with Gasteiger partial charge in [-0.15, -0.1) is 0 Å². The molecule has 242 valence electrons. The second-order valence-electron chi connectivity index (χ2n) is 14.7. The molecule has 0 amide bonds. The molecule has 0 radical (unpaired) electrons. The summed E-state index contributed by atoms with van der Waals surface area (Å²) < 4.78 is 18.0. The molecule has 12 atom stereocenters. The fourth-order valence-electron chi connectivity index (χ4n) is 10.2. The number of nitrogens with zero attached hydrogens (tertiary/aromatic N) is 1. The monoisotopic (exact) mass is 615 g/mol. The van der Waals surface area contributed by atoms with Gasteiger partial charge in [-0.1, -0.05) is 25.0 Å². The van der Waals surface area contributed by atoms with E-state index in [1.807, 2.05) is 33.8 Å². The highest BCUT2D eigenvalue weighted by Crippen LogP contribution is 2.74. The molecule has 11 nitrogen and oxygen atoms in total. The standard InChI is InChI=1S/C33H45NO10/c1-15-10-23(43-29(40)16(15)2)17(3)20-11-25(42-18(4)35)32(41)21-12-26-33(44-26)28(39)22(34(7)14-27(37)38)13-24(36)31(33,6)19(21)8-9-30(20,32)5/h11,17,19,21-23,25-26,28,39,41H,8-10,12-14H2,1-7H3,(H,37,38)/t17-,19-,21+,22?,23+,25-,26+,28-,30+,31-,32-,33-/m0/s1. The van der Waals surface area contributed by atoms with Crippen LogP contribution in [0.15, 0.2) is 22.8 Å². The Morgan fingerprint density at radius 3 is 2.48 bits per heavy atom. The molecule has 1 spiro atoms. The van der Waals surface area contributed by atoms with Crippen LogP contribution in [0.4, 0.5) is 0 Å². The summed E-state index contributed by atoms with van der Waals surface area (Å²) in [6.07, 6.45) is 0.710. The van der Waals surface area contributed by atoms with Crippen molar-refractivity contribution in [3.8, 4) is 0 Å². The lowest BCUT2D eigenvalue weighted by Gasteiger charge is -2.63. The topological polar surface area (TPSA) is 163 Å². The van der Waals surface area contributed by atoms with Crippen LogP contribution in [0.3, 0.4) is 0 Å². The van der Waals surface area contributed by atoms with Gasteiger partial charge in [-0.05, 0) is 65.0 Å². The Kier molecular flexibility index (Phi) is 7.10. The van der Waals surface area contributed by atoms with Gasteiger partial charge in [0.2, 0.25) is 0 Å². The van der Waals surface area contributed by atoms with Crippen LogP contribution >= 0.6 is 0 Å². The SMILES string of the molecule is CC(=O)O[C@H]1C=C([C@H](C)[C@H]2CC(C)=C(C)C(=O)O2)[C@@]2(C)CC[C@H]3[C@@H](C[C@H]4O[C@]45[C@@H](O)C(N(C)CC(=O)O)CC(=O)[C@]35C)[C@]12O. The highest BCUT2D eigenvalue weighted by atomic mass is 16.6. The molecule has 0 bridgehead atoms. The fraction of sp³-hybridized carbons (Fsp3) is 0.758. The van der Waals surface area contributed by atoms with Crippen LogP contribution in [-0.4, -0.2) is 99.2 Å². The smallest absolute Gasteiger partial charge is 0.333 e. The number of hydrogen-bond donors (Lipinski definition) is 3. The lowest BCUT2D eigenvalue weighted by Crippen LogP contribution is -2.73. The van der Waals surface area contributed by atoms with Gasteiger partial charge in [0.25, 0.3) is 0 Å². The zero-order valence-electron chi connectivity index (χ0n) is 26.6. The molecule has 6 rings (SSSR count). The molecule has 0 aromatic rings. The van der Waals surface area contributed by atoms with Crippen molar-refractivity contribution in [1.82, 2.24) is 4.90 Å². The Morgan fingerprint density at radius 2 is 1.86 bits per heavy atom. The number of carboxylic acids is 1. The number of ketones is 1. The van der Waals surface area contributed by atoms with Crippen molar-refractivity contribution in [2.24, 2.45) is 28.6 Å². The number of carbonyl (C=O) groups excluding carboxylic acids is 3. The van der Waals surface area contributed by atoms with Gasteiger partial charge < -0.3 is 29.5 Å². The normalized spacial score (nSPS) is 46.7. The van der Waals surface area contributed by atoms with E-state index in [2.05, 4.69) is 0 Å². The molecule has 2 heterocycles. The lowest BCUT2D eigenvalue weighted by molar-refractivity contribution is -0.230. The molecular formula is C33H45NO10. The van der Waals surface area contributed by atoms with E-state index in [0.717, 1.165) is 11.1 Å². The number of aliphatic carboxylic acids is 1. The summed E-state index contributed by atoms with van der Waals surface area (Å²) >= 11 is 0. The van der Waals surface area contributed by atoms with E-state index < -0.39 is 70.3 Å². The number of carboxylic acid groups (broad SMARTS) is 1.